The smallest absolute Gasteiger partial charge is 0.307 e. The summed E-state index contributed by atoms with van der Waals surface area (Å²) in [6.07, 6.45) is 0.201. The molecule has 106 valence electrons. The Hall–Kier alpha value is -1.63. The Kier molecular flexibility index (Phi) is 4.88. The summed E-state index contributed by atoms with van der Waals surface area (Å²) in [5.74, 6) is -0.662. The van der Waals surface area contributed by atoms with Crippen LogP contribution in [0.1, 0.15) is 26.0 Å². The summed E-state index contributed by atoms with van der Waals surface area (Å²) in [5.41, 5.74) is 5.29. The molecule has 0 aliphatic carbocycles. The number of aryl methyl sites for hydroxylation is 1. The number of carbonyl (C=O) groups is 2. The van der Waals surface area contributed by atoms with Gasteiger partial charge >= 0.3 is 4.87 Å². The molecule has 0 fully saturated rings. The average molecular weight is 285 g/mol. The van der Waals surface area contributed by atoms with Crippen molar-refractivity contribution in [2.45, 2.75) is 33.7 Å². The molecule has 0 unspecified atom stereocenters. The minimum Gasteiger partial charge on any atom is -0.369 e. The van der Waals surface area contributed by atoms with Gasteiger partial charge < -0.3 is 15.6 Å². The molecule has 19 heavy (non-hydrogen) atoms. The maximum absolute atomic E-state index is 11.7. The van der Waals surface area contributed by atoms with Gasteiger partial charge in [-0.15, -0.1) is 0 Å². The van der Waals surface area contributed by atoms with Crippen LogP contribution in [0, 0.1) is 12.3 Å². The molecular formula is C12H19N3O3S. The Morgan fingerprint density at radius 3 is 2.58 bits per heavy atom. The average Bonchev–Trinajstić information content (AvgIpc) is 2.64. The molecule has 0 aliphatic rings. The van der Waals surface area contributed by atoms with E-state index in [9.17, 15) is 14.4 Å². The second-order valence-electron chi connectivity index (χ2n) is 5.07. The number of nitrogens with zero attached hydrogens (tertiary/aromatic N) is 1. The van der Waals surface area contributed by atoms with Gasteiger partial charge in [-0.05, 0) is 20.8 Å². The van der Waals surface area contributed by atoms with Gasteiger partial charge in [-0.2, -0.15) is 0 Å². The molecule has 1 heterocycles. The van der Waals surface area contributed by atoms with Gasteiger partial charge in [0.05, 0.1) is 5.41 Å². The van der Waals surface area contributed by atoms with Crippen LogP contribution in [0.3, 0.4) is 0 Å². The molecule has 1 aromatic heterocycles. The molecule has 0 saturated heterocycles. The number of hydrogen-bond donors (Lipinski definition) is 2. The van der Waals surface area contributed by atoms with Gasteiger partial charge in [-0.25, -0.2) is 0 Å². The first-order valence-corrected chi connectivity index (χ1v) is 6.83. The minimum atomic E-state index is -0.773. The van der Waals surface area contributed by atoms with Gasteiger partial charge in [0.15, 0.2) is 0 Å². The number of hydrogen-bond acceptors (Lipinski definition) is 4. The maximum Gasteiger partial charge on any atom is 0.307 e. The first kappa shape index (κ1) is 15.4. The summed E-state index contributed by atoms with van der Waals surface area (Å²) in [4.78, 5) is 34.1. The molecule has 1 aromatic rings. The Labute approximate surface area is 115 Å². The van der Waals surface area contributed by atoms with Crippen molar-refractivity contribution in [1.29, 1.82) is 0 Å². The van der Waals surface area contributed by atoms with E-state index in [2.05, 4.69) is 5.32 Å². The lowest BCUT2D eigenvalue weighted by Crippen LogP contribution is -2.42. The third-order valence-corrected chi connectivity index (χ3v) is 3.81. The highest BCUT2D eigenvalue weighted by Gasteiger charge is 2.25. The first-order valence-electron chi connectivity index (χ1n) is 5.95. The molecule has 0 aliphatic heterocycles. The van der Waals surface area contributed by atoms with Crippen LogP contribution in [0.5, 0.6) is 0 Å². The second kappa shape index (κ2) is 6.01. The SMILES string of the molecule is Cc1csc(=O)n1CCC(=O)NCC(C)(C)C(N)=O. The van der Waals surface area contributed by atoms with Crippen LogP contribution < -0.4 is 15.9 Å². The van der Waals surface area contributed by atoms with Crippen LogP contribution in [0.15, 0.2) is 10.2 Å². The lowest BCUT2D eigenvalue weighted by Gasteiger charge is -2.20. The molecule has 2 amide bonds. The standard InChI is InChI=1S/C12H19N3O3S/c1-8-6-19-11(18)15(8)5-4-9(16)14-7-12(2,3)10(13)17/h6H,4-5,7H2,1-3H3,(H2,13,17)(H,14,16). The number of nitrogens with one attached hydrogen (secondary N) is 1. The van der Waals surface area contributed by atoms with Crippen LogP contribution in [-0.4, -0.2) is 22.9 Å². The van der Waals surface area contributed by atoms with Gasteiger partial charge in [0.25, 0.3) is 0 Å². The quantitative estimate of drug-likeness (QED) is 0.783. The molecule has 0 aromatic carbocycles. The number of nitrogens with two attached hydrogens (primary N) is 1. The molecular weight excluding hydrogens is 266 g/mol. The summed E-state index contributed by atoms with van der Waals surface area (Å²) in [5, 5.41) is 4.41. The fourth-order valence-corrected chi connectivity index (χ4v) is 2.14. The number of amides is 2. The molecule has 6 nitrogen and oxygen atoms in total. The molecule has 3 N–H and O–H groups in total. The Bertz CT molecular complexity index is 531. The van der Waals surface area contributed by atoms with Crippen LogP contribution in [-0.2, 0) is 16.1 Å². The zero-order valence-corrected chi connectivity index (χ0v) is 12.2. The number of primary amides is 1. The molecule has 0 bridgehead atoms. The van der Waals surface area contributed by atoms with Gasteiger partial charge in [0.1, 0.15) is 0 Å². The molecule has 0 atom stereocenters. The predicted molar refractivity (Wildman–Crippen MR) is 73.9 cm³/mol. The van der Waals surface area contributed by atoms with Crippen molar-refractivity contribution in [2.75, 3.05) is 6.54 Å². The zero-order chi connectivity index (χ0) is 14.6. The zero-order valence-electron chi connectivity index (χ0n) is 11.4. The van der Waals surface area contributed by atoms with Gasteiger partial charge in [0.2, 0.25) is 11.8 Å². The summed E-state index contributed by atoms with van der Waals surface area (Å²) >= 11 is 1.12. The van der Waals surface area contributed by atoms with Gasteiger partial charge in [-0.3, -0.25) is 14.4 Å². The fourth-order valence-electron chi connectivity index (χ4n) is 1.38. The summed E-state index contributed by atoms with van der Waals surface area (Å²) < 4.78 is 1.56. The van der Waals surface area contributed by atoms with Crippen molar-refractivity contribution < 1.29 is 9.59 Å². The Balaban J connectivity index is 2.45. The maximum atomic E-state index is 11.7. The monoisotopic (exact) mass is 285 g/mol. The van der Waals surface area contributed by atoms with Crippen LogP contribution >= 0.6 is 11.3 Å². The number of thiazole rings is 1. The third-order valence-electron chi connectivity index (χ3n) is 2.93. The van der Waals surface area contributed by atoms with E-state index in [-0.39, 0.29) is 23.7 Å². The first-order chi connectivity index (χ1) is 8.74. The fraction of sp³-hybridized carbons (Fsp3) is 0.583. The van der Waals surface area contributed by atoms with E-state index in [1.54, 1.807) is 23.8 Å². The van der Waals surface area contributed by atoms with Crippen LogP contribution in [0.4, 0.5) is 0 Å². The molecule has 7 heteroatoms. The minimum absolute atomic E-state index is 0.0669. The van der Waals surface area contributed by atoms with E-state index >= 15 is 0 Å². The summed E-state index contributed by atoms with van der Waals surface area (Å²) in [7, 11) is 0. The molecule has 0 spiro atoms. The highest BCUT2D eigenvalue weighted by molar-refractivity contribution is 7.07. The molecule has 1 rings (SSSR count). The third kappa shape index (κ3) is 4.20. The molecule has 0 radical (unpaired) electrons. The second-order valence-corrected chi connectivity index (χ2v) is 5.89. The van der Waals surface area contributed by atoms with Crippen molar-refractivity contribution in [1.82, 2.24) is 9.88 Å². The predicted octanol–water partition coefficient (Wildman–Crippen LogP) is 0.236. The Morgan fingerprint density at radius 2 is 2.11 bits per heavy atom. The van der Waals surface area contributed by atoms with E-state index in [0.29, 0.717) is 6.54 Å². The van der Waals surface area contributed by atoms with Crippen molar-refractivity contribution in [2.24, 2.45) is 11.1 Å². The number of carbonyl (C=O) groups excluding carboxylic acids is 2. The van der Waals surface area contributed by atoms with E-state index in [1.807, 2.05) is 6.92 Å². The van der Waals surface area contributed by atoms with Crippen molar-refractivity contribution in [3.63, 3.8) is 0 Å². The normalized spacial score (nSPS) is 11.3. The highest BCUT2D eigenvalue weighted by Crippen LogP contribution is 2.11. The highest BCUT2D eigenvalue weighted by atomic mass is 32.1. The van der Waals surface area contributed by atoms with E-state index in [1.165, 1.54) is 0 Å². The molecule has 0 saturated carbocycles. The van der Waals surface area contributed by atoms with Gasteiger partial charge in [0, 0.05) is 30.6 Å². The van der Waals surface area contributed by atoms with Crippen LogP contribution in [0.2, 0.25) is 0 Å². The van der Waals surface area contributed by atoms with Crippen molar-refractivity contribution in [3.05, 3.63) is 20.7 Å². The van der Waals surface area contributed by atoms with Gasteiger partial charge in [-0.1, -0.05) is 11.3 Å². The van der Waals surface area contributed by atoms with Crippen molar-refractivity contribution >= 4 is 23.2 Å². The van der Waals surface area contributed by atoms with E-state index in [0.717, 1.165) is 17.0 Å². The largest absolute Gasteiger partial charge is 0.369 e. The van der Waals surface area contributed by atoms with Crippen LogP contribution in [0.25, 0.3) is 0 Å². The number of aromatic nitrogens is 1. The van der Waals surface area contributed by atoms with E-state index < -0.39 is 11.3 Å². The Morgan fingerprint density at radius 1 is 1.47 bits per heavy atom. The summed E-state index contributed by atoms with van der Waals surface area (Å²) in [6, 6.07) is 0. The topological polar surface area (TPSA) is 94.2 Å². The number of rotatable bonds is 6. The van der Waals surface area contributed by atoms with E-state index in [4.69, 9.17) is 5.73 Å². The summed E-state index contributed by atoms with van der Waals surface area (Å²) in [6.45, 7) is 5.70. The van der Waals surface area contributed by atoms with Crippen molar-refractivity contribution in [3.8, 4) is 0 Å². The lowest BCUT2D eigenvalue weighted by atomic mass is 9.93. The lowest BCUT2D eigenvalue weighted by molar-refractivity contribution is -0.127.